The molecule has 270 valence electrons. The SMILES string of the molecule is CC(C)C[C@@H](NC(=O)[C@H](NC(=O)[C@H](NC(=O)[C@@H](CCCCN)NC(=O)CNC(=O)[C@H](N)Cc1ccc(O)cc1)C(C)C)C(C)C)C(=O)O. The summed E-state index contributed by atoms with van der Waals surface area (Å²) in [5.74, 6) is -5.11. The van der Waals surface area contributed by atoms with Gasteiger partial charge in [-0.25, -0.2) is 4.79 Å². The average molecular weight is 678 g/mol. The zero-order chi connectivity index (χ0) is 36.6. The van der Waals surface area contributed by atoms with E-state index < -0.39 is 84.1 Å². The first-order valence-corrected chi connectivity index (χ1v) is 16.4. The molecular weight excluding hydrogens is 622 g/mol. The minimum absolute atomic E-state index is 0.00253. The van der Waals surface area contributed by atoms with Gasteiger partial charge < -0.3 is 48.3 Å². The maximum absolute atomic E-state index is 13.4. The van der Waals surface area contributed by atoms with Gasteiger partial charge >= 0.3 is 5.97 Å². The second-order valence-corrected chi connectivity index (χ2v) is 13.1. The molecule has 0 spiro atoms. The quantitative estimate of drug-likeness (QED) is 0.0780. The lowest BCUT2D eigenvalue weighted by Gasteiger charge is -2.29. The Morgan fingerprint density at radius 2 is 1.27 bits per heavy atom. The summed E-state index contributed by atoms with van der Waals surface area (Å²) in [7, 11) is 0. The lowest BCUT2D eigenvalue weighted by molar-refractivity contribution is -0.143. The Bertz CT molecular complexity index is 1220. The van der Waals surface area contributed by atoms with Gasteiger partial charge in [0.1, 0.15) is 29.9 Å². The smallest absolute Gasteiger partial charge is 0.326 e. The number of aliphatic carboxylic acids is 1. The molecule has 0 saturated carbocycles. The number of aromatic hydroxyl groups is 1. The summed E-state index contributed by atoms with van der Waals surface area (Å²) in [6, 6.07) is 0.890. The number of carbonyl (C=O) groups excluding carboxylic acids is 5. The molecule has 5 amide bonds. The largest absolute Gasteiger partial charge is 0.508 e. The van der Waals surface area contributed by atoms with Crippen LogP contribution in [0.5, 0.6) is 5.75 Å². The maximum Gasteiger partial charge on any atom is 0.326 e. The molecule has 15 nitrogen and oxygen atoms in total. The molecule has 0 bridgehead atoms. The van der Waals surface area contributed by atoms with Crippen LogP contribution in [-0.4, -0.2) is 89.0 Å². The molecule has 15 heteroatoms. The zero-order valence-corrected chi connectivity index (χ0v) is 28.9. The van der Waals surface area contributed by atoms with E-state index >= 15 is 0 Å². The number of carboxylic acids is 1. The fourth-order valence-corrected chi connectivity index (χ4v) is 4.81. The third-order valence-corrected chi connectivity index (χ3v) is 7.57. The number of unbranched alkanes of at least 4 members (excludes halogenated alkanes) is 1. The van der Waals surface area contributed by atoms with E-state index in [1.165, 1.54) is 12.1 Å². The molecule has 0 heterocycles. The molecule has 0 aliphatic rings. The number of phenols is 1. The van der Waals surface area contributed by atoms with Crippen LogP contribution in [0.4, 0.5) is 0 Å². The van der Waals surface area contributed by atoms with Crippen LogP contribution >= 0.6 is 0 Å². The fourth-order valence-electron chi connectivity index (χ4n) is 4.81. The lowest BCUT2D eigenvalue weighted by atomic mass is 9.98. The van der Waals surface area contributed by atoms with E-state index in [4.69, 9.17) is 11.5 Å². The van der Waals surface area contributed by atoms with E-state index in [9.17, 15) is 39.0 Å². The number of carboxylic acid groups (broad SMARTS) is 1. The van der Waals surface area contributed by atoms with Gasteiger partial charge in [-0.1, -0.05) is 53.7 Å². The topological polar surface area (TPSA) is 255 Å². The van der Waals surface area contributed by atoms with Crippen molar-refractivity contribution in [3.05, 3.63) is 29.8 Å². The van der Waals surface area contributed by atoms with E-state index in [1.54, 1.807) is 39.8 Å². The molecule has 48 heavy (non-hydrogen) atoms. The highest BCUT2D eigenvalue weighted by molar-refractivity contribution is 5.95. The molecule has 1 aromatic rings. The summed E-state index contributed by atoms with van der Waals surface area (Å²) in [5, 5.41) is 31.9. The van der Waals surface area contributed by atoms with Crippen molar-refractivity contribution in [3.63, 3.8) is 0 Å². The van der Waals surface area contributed by atoms with Crippen LogP contribution in [-0.2, 0) is 35.2 Å². The van der Waals surface area contributed by atoms with Gasteiger partial charge in [-0.05, 0) is 74.1 Å². The number of nitrogens with one attached hydrogen (secondary N) is 5. The molecule has 0 saturated heterocycles. The average Bonchev–Trinajstić information content (AvgIpc) is 3.00. The molecule has 1 aromatic carbocycles. The molecule has 0 unspecified atom stereocenters. The number of rotatable bonds is 21. The first kappa shape index (κ1) is 41.8. The molecular formula is C33H55N7O8. The number of nitrogens with two attached hydrogens (primary N) is 2. The fraction of sp³-hybridized carbons (Fsp3) is 0.636. The molecule has 11 N–H and O–H groups in total. The standard InChI is InChI=1S/C33H55N7O8/c1-18(2)15-25(33(47)48)38-31(45)27(19(3)4)40-32(46)28(20(5)6)39-30(44)24(9-7-8-14-34)37-26(42)17-36-29(43)23(35)16-21-10-12-22(41)13-11-21/h10-13,18-20,23-25,27-28,41H,7-9,14-17,34-35H2,1-6H3,(H,36,43)(H,37,42)(H,38,45)(H,39,44)(H,40,46)(H,47,48)/t23-,24-,25-,27-,28-/m1/s1. The summed E-state index contributed by atoms with van der Waals surface area (Å²) in [4.78, 5) is 77.0. The van der Waals surface area contributed by atoms with Crippen LogP contribution in [0, 0.1) is 17.8 Å². The van der Waals surface area contributed by atoms with E-state index in [-0.39, 0.29) is 30.9 Å². The summed E-state index contributed by atoms with van der Waals surface area (Å²) < 4.78 is 0. The number of carbonyl (C=O) groups is 6. The summed E-state index contributed by atoms with van der Waals surface area (Å²) in [6.07, 6.45) is 1.66. The Balaban J connectivity index is 2.94. The van der Waals surface area contributed by atoms with E-state index in [1.807, 2.05) is 13.8 Å². The third-order valence-electron chi connectivity index (χ3n) is 7.57. The monoisotopic (exact) mass is 677 g/mol. The molecule has 0 aliphatic carbocycles. The van der Waals surface area contributed by atoms with Crippen LogP contribution in [0.3, 0.4) is 0 Å². The van der Waals surface area contributed by atoms with Crippen molar-refractivity contribution < 1.29 is 39.0 Å². The maximum atomic E-state index is 13.4. The number of amides is 5. The van der Waals surface area contributed by atoms with Gasteiger partial charge in [-0.15, -0.1) is 0 Å². The van der Waals surface area contributed by atoms with Crippen molar-refractivity contribution in [1.29, 1.82) is 0 Å². The second-order valence-electron chi connectivity index (χ2n) is 13.1. The summed E-state index contributed by atoms with van der Waals surface area (Å²) in [5.41, 5.74) is 12.3. The predicted octanol–water partition coefficient (Wildman–Crippen LogP) is -0.111. The predicted molar refractivity (Wildman–Crippen MR) is 180 cm³/mol. The Morgan fingerprint density at radius 3 is 1.77 bits per heavy atom. The van der Waals surface area contributed by atoms with Gasteiger partial charge in [-0.3, -0.25) is 24.0 Å². The highest BCUT2D eigenvalue weighted by atomic mass is 16.4. The Morgan fingerprint density at radius 1 is 0.729 bits per heavy atom. The van der Waals surface area contributed by atoms with Gasteiger partial charge in [0.15, 0.2) is 0 Å². The first-order chi connectivity index (χ1) is 22.5. The molecule has 0 fully saturated rings. The van der Waals surface area contributed by atoms with Crippen molar-refractivity contribution in [2.75, 3.05) is 13.1 Å². The second kappa shape index (κ2) is 20.9. The van der Waals surface area contributed by atoms with Gasteiger partial charge in [0.25, 0.3) is 0 Å². The number of hydrogen-bond acceptors (Lipinski definition) is 9. The van der Waals surface area contributed by atoms with E-state index in [0.29, 0.717) is 19.4 Å². The Kier molecular flexibility index (Phi) is 18.2. The van der Waals surface area contributed by atoms with Crippen molar-refractivity contribution in [2.45, 2.75) is 104 Å². The van der Waals surface area contributed by atoms with E-state index in [2.05, 4.69) is 26.6 Å². The molecule has 1 rings (SSSR count). The van der Waals surface area contributed by atoms with Gasteiger partial charge in [0, 0.05) is 0 Å². The summed E-state index contributed by atoms with van der Waals surface area (Å²) >= 11 is 0. The number of phenolic OH excluding ortho intramolecular Hbond substituents is 1. The van der Waals surface area contributed by atoms with Crippen LogP contribution in [0.25, 0.3) is 0 Å². The van der Waals surface area contributed by atoms with Crippen LogP contribution in [0.15, 0.2) is 24.3 Å². The van der Waals surface area contributed by atoms with E-state index in [0.717, 1.165) is 5.56 Å². The highest BCUT2D eigenvalue weighted by Gasteiger charge is 2.34. The third kappa shape index (κ3) is 15.1. The minimum atomic E-state index is -1.18. The molecule has 0 radical (unpaired) electrons. The van der Waals surface area contributed by atoms with Gasteiger partial charge in [-0.2, -0.15) is 0 Å². The normalized spacial score (nSPS) is 14.4. The zero-order valence-electron chi connectivity index (χ0n) is 28.9. The first-order valence-electron chi connectivity index (χ1n) is 16.4. The number of hydrogen-bond donors (Lipinski definition) is 9. The van der Waals surface area contributed by atoms with Crippen LogP contribution < -0.4 is 38.1 Å². The Hall–Kier alpha value is -4.24. The van der Waals surface area contributed by atoms with Crippen molar-refractivity contribution in [1.82, 2.24) is 26.6 Å². The Labute approximate surface area is 282 Å². The molecule has 0 aromatic heterocycles. The molecule has 5 atom stereocenters. The van der Waals surface area contributed by atoms with Crippen LogP contribution in [0.2, 0.25) is 0 Å². The molecule has 0 aliphatic heterocycles. The van der Waals surface area contributed by atoms with Crippen LogP contribution in [0.1, 0.15) is 72.8 Å². The van der Waals surface area contributed by atoms with Crippen molar-refractivity contribution >= 4 is 35.5 Å². The minimum Gasteiger partial charge on any atom is -0.508 e. The lowest BCUT2D eigenvalue weighted by Crippen LogP contribution is -2.60. The number of benzene rings is 1. The highest BCUT2D eigenvalue weighted by Crippen LogP contribution is 2.12. The van der Waals surface area contributed by atoms with Gasteiger partial charge in [0.2, 0.25) is 29.5 Å². The van der Waals surface area contributed by atoms with Crippen molar-refractivity contribution in [2.24, 2.45) is 29.2 Å². The summed E-state index contributed by atoms with van der Waals surface area (Å²) in [6.45, 7) is 10.4. The van der Waals surface area contributed by atoms with Gasteiger partial charge in [0.05, 0.1) is 12.6 Å². The van der Waals surface area contributed by atoms with Crippen molar-refractivity contribution in [3.8, 4) is 5.75 Å².